The average Bonchev–Trinajstić information content (AvgIpc) is 2.25. The summed E-state index contributed by atoms with van der Waals surface area (Å²) in [6.07, 6.45) is 0. The molecule has 0 radical (unpaired) electrons. The Bertz CT molecular complexity index is 288. The molecule has 1 aromatic carbocycles. The molecule has 0 N–H and O–H groups in total. The predicted octanol–water partition coefficient (Wildman–Crippen LogP) is 3.47. The van der Waals surface area contributed by atoms with Crippen LogP contribution < -0.4 is 9.47 Å². The van der Waals surface area contributed by atoms with Crippen LogP contribution in [-0.4, -0.2) is 13.7 Å². The third kappa shape index (κ3) is 3.31. The first-order valence-corrected chi connectivity index (χ1v) is 5.57. The maximum atomic E-state index is 5.84. The van der Waals surface area contributed by atoms with E-state index in [1.54, 1.807) is 7.11 Å². The van der Waals surface area contributed by atoms with Gasteiger partial charge in [0.05, 0.1) is 19.6 Å². The van der Waals surface area contributed by atoms with Crippen molar-refractivity contribution in [2.45, 2.75) is 19.7 Å². The molecule has 0 heterocycles. The molecule has 0 spiro atoms. The number of methoxy groups -OCH3 is 1. The van der Waals surface area contributed by atoms with Crippen LogP contribution >= 0.6 is 11.6 Å². The summed E-state index contributed by atoms with van der Waals surface area (Å²) >= 11 is 5.84. The highest BCUT2D eigenvalue weighted by molar-refractivity contribution is 6.17. The van der Waals surface area contributed by atoms with Gasteiger partial charge in [-0.1, -0.05) is 26.0 Å². The number of rotatable bonds is 5. The average molecular weight is 229 g/mol. The Morgan fingerprint density at radius 2 is 2.07 bits per heavy atom. The van der Waals surface area contributed by atoms with Gasteiger partial charge in [-0.25, -0.2) is 0 Å². The molecule has 0 unspecified atom stereocenters. The van der Waals surface area contributed by atoms with Crippen molar-refractivity contribution in [2.75, 3.05) is 13.7 Å². The van der Waals surface area contributed by atoms with Crippen molar-refractivity contribution in [1.29, 1.82) is 0 Å². The number of halogens is 1. The van der Waals surface area contributed by atoms with Crippen LogP contribution in [0.25, 0.3) is 0 Å². The van der Waals surface area contributed by atoms with E-state index in [2.05, 4.69) is 13.8 Å². The van der Waals surface area contributed by atoms with Gasteiger partial charge >= 0.3 is 0 Å². The lowest BCUT2D eigenvalue weighted by molar-refractivity contribution is 0.255. The zero-order valence-corrected chi connectivity index (χ0v) is 10.2. The Labute approximate surface area is 96.2 Å². The van der Waals surface area contributed by atoms with E-state index < -0.39 is 0 Å². The monoisotopic (exact) mass is 228 g/mol. The lowest BCUT2D eigenvalue weighted by Crippen LogP contribution is -2.07. The van der Waals surface area contributed by atoms with Gasteiger partial charge in [0, 0.05) is 5.56 Å². The predicted molar refractivity (Wildman–Crippen MR) is 62.9 cm³/mol. The van der Waals surface area contributed by atoms with Crippen molar-refractivity contribution in [3.05, 3.63) is 23.8 Å². The van der Waals surface area contributed by atoms with Gasteiger partial charge in [0.15, 0.2) is 11.5 Å². The first-order valence-electron chi connectivity index (χ1n) is 5.03. The summed E-state index contributed by atoms with van der Waals surface area (Å²) in [7, 11) is 1.63. The van der Waals surface area contributed by atoms with E-state index in [0.717, 1.165) is 17.1 Å². The lowest BCUT2D eigenvalue weighted by atomic mass is 10.2. The van der Waals surface area contributed by atoms with E-state index in [0.29, 0.717) is 18.4 Å². The minimum Gasteiger partial charge on any atom is -0.493 e. The van der Waals surface area contributed by atoms with Gasteiger partial charge in [-0.3, -0.25) is 0 Å². The molecule has 0 aliphatic carbocycles. The topological polar surface area (TPSA) is 18.5 Å². The van der Waals surface area contributed by atoms with E-state index in [1.165, 1.54) is 0 Å². The molecule has 0 aromatic heterocycles. The summed E-state index contributed by atoms with van der Waals surface area (Å²) < 4.78 is 10.9. The van der Waals surface area contributed by atoms with Crippen LogP contribution in [0, 0.1) is 5.92 Å². The number of para-hydroxylation sites is 1. The van der Waals surface area contributed by atoms with Gasteiger partial charge in [0.2, 0.25) is 0 Å². The molecule has 0 aliphatic rings. The number of hydrogen-bond acceptors (Lipinski definition) is 2. The van der Waals surface area contributed by atoms with Gasteiger partial charge in [-0.15, -0.1) is 11.6 Å². The Kier molecular flexibility index (Phi) is 4.76. The van der Waals surface area contributed by atoms with Crippen molar-refractivity contribution < 1.29 is 9.47 Å². The lowest BCUT2D eigenvalue weighted by Gasteiger charge is -2.15. The zero-order chi connectivity index (χ0) is 11.3. The van der Waals surface area contributed by atoms with Crippen LogP contribution in [0.15, 0.2) is 18.2 Å². The molecular weight excluding hydrogens is 212 g/mol. The van der Waals surface area contributed by atoms with Crippen molar-refractivity contribution in [2.24, 2.45) is 5.92 Å². The zero-order valence-electron chi connectivity index (χ0n) is 9.42. The molecule has 3 heteroatoms. The Hall–Kier alpha value is -0.890. The first kappa shape index (κ1) is 12.2. The molecule has 0 fully saturated rings. The Morgan fingerprint density at radius 1 is 1.33 bits per heavy atom. The van der Waals surface area contributed by atoms with E-state index in [-0.39, 0.29) is 0 Å². The van der Waals surface area contributed by atoms with Gasteiger partial charge < -0.3 is 9.47 Å². The third-order valence-electron chi connectivity index (χ3n) is 1.99. The third-order valence-corrected chi connectivity index (χ3v) is 2.27. The molecule has 0 atom stereocenters. The maximum absolute atomic E-state index is 5.84. The van der Waals surface area contributed by atoms with Gasteiger partial charge in [-0.2, -0.15) is 0 Å². The second-order valence-corrected chi connectivity index (χ2v) is 4.05. The van der Waals surface area contributed by atoms with Gasteiger partial charge in [0.1, 0.15) is 0 Å². The molecule has 0 bridgehead atoms. The maximum Gasteiger partial charge on any atom is 0.165 e. The van der Waals surface area contributed by atoms with Crippen LogP contribution in [-0.2, 0) is 5.88 Å². The van der Waals surface area contributed by atoms with E-state index >= 15 is 0 Å². The minimum absolute atomic E-state index is 0.435. The summed E-state index contributed by atoms with van der Waals surface area (Å²) in [6, 6.07) is 5.75. The molecule has 84 valence electrons. The quantitative estimate of drug-likeness (QED) is 0.719. The summed E-state index contributed by atoms with van der Waals surface area (Å²) in [5.74, 6) is 2.43. The number of hydrogen-bond donors (Lipinski definition) is 0. The Balaban J connectivity index is 2.89. The highest BCUT2D eigenvalue weighted by Gasteiger charge is 2.10. The molecule has 0 saturated carbocycles. The fourth-order valence-corrected chi connectivity index (χ4v) is 1.45. The van der Waals surface area contributed by atoms with Crippen LogP contribution in [0.1, 0.15) is 19.4 Å². The van der Waals surface area contributed by atoms with E-state index in [1.807, 2.05) is 18.2 Å². The smallest absolute Gasteiger partial charge is 0.165 e. The molecule has 1 rings (SSSR count). The van der Waals surface area contributed by atoms with Gasteiger partial charge in [-0.05, 0) is 12.0 Å². The van der Waals surface area contributed by atoms with Crippen molar-refractivity contribution >= 4 is 11.6 Å². The molecule has 0 saturated heterocycles. The molecule has 0 aliphatic heterocycles. The molecule has 2 nitrogen and oxygen atoms in total. The SMILES string of the molecule is COc1cccc(CCl)c1OCC(C)C. The van der Waals surface area contributed by atoms with Crippen molar-refractivity contribution in [1.82, 2.24) is 0 Å². The number of benzene rings is 1. The summed E-state index contributed by atoms with van der Waals surface area (Å²) in [5, 5.41) is 0. The molecule has 0 amide bonds. The van der Waals surface area contributed by atoms with E-state index in [4.69, 9.17) is 21.1 Å². The first-order chi connectivity index (χ1) is 7.19. The highest BCUT2D eigenvalue weighted by Crippen LogP contribution is 2.32. The van der Waals surface area contributed by atoms with Crippen molar-refractivity contribution in [3.8, 4) is 11.5 Å². The molecule has 1 aromatic rings. The number of ether oxygens (including phenoxy) is 2. The van der Waals surface area contributed by atoms with Gasteiger partial charge in [0.25, 0.3) is 0 Å². The van der Waals surface area contributed by atoms with Crippen LogP contribution in [0.5, 0.6) is 11.5 Å². The van der Waals surface area contributed by atoms with Crippen LogP contribution in [0.3, 0.4) is 0 Å². The summed E-state index contributed by atoms with van der Waals surface area (Å²) in [6.45, 7) is 4.88. The molecule has 15 heavy (non-hydrogen) atoms. The number of alkyl halides is 1. The van der Waals surface area contributed by atoms with Crippen LogP contribution in [0.2, 0.25) is 0 Å². The van der Waals surface area contributed by atoms with Crippen molar-refractivity contribution in [3.63, 3.8) is 0 Å². The Morgan fingerprint density at radius 3 is 2.60 bits per heavy atom. The minimum atomic E-state index is 0.435. The summed E-state index contributed by atoms with van der Waals surface area (Å²) in [4.78, 5) is 0. The summed E-state index contributed by atoms with van der Waals surface area (Å²) in [5.41, 5.74) is 0.969. The van der Waals surface area contributed by atoms with Crippen LogP contribution in [0.4, 0.5) is 0 Å². The second-order valence-electron chi connectivity index (χ2n) is 3.79. The fourth-order valence-electron chi connectivity index (χ4n) is 1.24. The highest BCUT2D eigenvalue weighted by atomic mass is 35.5. The largest absolute Gasteiger partial charge is 0.493 e. The molecular formula is C12H17ClO2. The second kappa shape index (κ2) is 5.86. The van der Waals surface area contributed by atoms with E-state index in [9.17, 15) is 0 Å². The fraction of sp³-hybridized carbons (Fsp3) is 0.500. The standard InChI is InChI=1S/C12H17ClO2/c1-9(2)8-15-12-10(7-13)5-4-6-11(12)14-3/h4-6,9H,7-8H2,1-3H3. The normalized spacial score (nSPS) is 10.5.